The van der Waals surface area contributed by atoms with Crippen molar-refractivity contribution in [2.75, 3.05) is 33.4 Å². The van der Waals surface area contributed by atoms with Crippen molar-refractivity contribution in [2.45, 2.75) is 45.1 Å². The molecule has 0 bridgehead atoms. The lowest BCUT2D eigenvalue weighted by Crippen LogP contribution is -2.26. The van der Waals surface area contributed by atoms with E-state index in [1.165, 1.54) is 11.1 Å². The average molecular weight is 503 g/mol. The van der Waals surface area contributed by atoms with Crippen LogP contribution in [0.25, 0.3) is 11.1 Å². The summed E-state index contributed by atoms with van der Waals surface area (Å²) in [6.45, 7) is 4.35. The molecule has 2 aromatic carbocycles. The number of nitrogens with zero attached hydrogens (tertiary/aromatic N) is 2. The van der Waals surface area contributed by atoms with Gasteiger partial charge in [-0.15, -0.1) is 0 Å². The van der Waals surface area contributed by atoms with Crippen molar-refractivity contribution in [3.05, 3.63) is 82.5 Å². The molecule has 194 valence electrons. The highest BCUT2D eigenvalue weighted by molar-refractivity contribution is 6.00. The summed E-state index contributed by atoms with van der Waals surface area (Å²) < 4.78 is 24.2. The van der Waals surface area contributed by atoms with E-state index >= 15 is 0 Å². The van der Waals surface area contributed by atoms with Crippen LogP contribution in [0.4, 0.5) is 4.39 Å². The minimum atomic E-state index is -0.268. The van der Waals surface area contributed by atoms with Gasteiger partial charge in [0.1, 0.15) is 17.6 Å². The largest absolute Gasteiger partial charge is 0.508 e. The molecule has 6 heteroatoms. The Hall–Kier alpha value is -3.38. The van der Waals surface area contributed by atoms with Crippen molar-refractivity contribution in [3.8, 4) is 17.4 Å². The fourth-order valence-electron chi connectivity index (χ4n) is 5.61. The van der Waals surface area contributed by atoms with Crippen molar-refractivity contribution >= 4 is 11.1 Å². The predicted molar refractivity (Wildman–Crippen MR) is 145 cm³/mol. The molecule has 2 heterocycles. The molecule has 1 aliphatic carbocycles. The molecular formula is C31H35FN2O3. The standard InChI is InChI=1S/C31H35FN2O3/c1-21-17-24(19-33-31(21)36-2)28-6-3-5-23-18-25(35)9-12-29(23)30(28)22-7-10-26(11-8-22)37-27-13-16-34(20-27)15-4-14-32/h7-12,17-19,27,35H,3-6,13-16,20H2,1-2H3/t27-/m0/s1. The third kappa shape index (κ3) is 5.64. The molecule has 2 aliphatic rings. The molecule has 37 heavy (non-hydrogen) atoms. The normalized spacial score (nSPS) is 18.0. The maximum Gasteiger partial charge on any atom is 0.215 e. The predicted octanol–water partition coefficient (Wildman–Crippen LogP) is 6.21. The molecule has 0 saturated carbocycles. The van der Waals surface area contributed by atoms with Gasteiger partial charge in [0.15, 0.2) is 0 Å². The van der Waals surface area contributed by atoms with E-state index in [1.807, 2.05) is 37.4 Å². The lowest BCUT2D eigenvalue weighted by molar-refractivity contribution is 0.198. The zero-order chi connectivity index (χ0) is 25.8. The summed E-state index contributed by atoms with van der Waals surface area (Å²) in [6, 6.07) is 16.2. The number of benzene rings is 2. The minimum Gasteiger partial charge on any atom is -0.508 e. The molecule has 5 nitrogen and oxygen atoms in total. The van der Waals surface area contributed by atoms with Crippen molar-refractivity contribution in [1.82, 2.24) is 9.88 Å². The van der Waals surface area contributed by atoms with E-state index in [0.717, 1.165) is 78.9 Å². The fraction of sp³-hybridized carbons (Fsp3) is 0.387. The van der Waals surface area contributed by atoms with E-state index in [2.05, 4.69) is 28.1 Å². The van der Waals surface area contributed by atoms with Crippen molar-refractivity contribution in [3.63, 3.8) is 0 Å². The van der Waals surface area contributed by atoms with Crippen LogP contribution in [-0.4, -0.2) is 54.5 Å². The molecule has 1 aliphatic heterocycles. The van der Waals surface area contributed by atoms with Crippen LogP contribution < -0.4 is 9.47 Å². The Morgan fingerprint density at radius 3 is 2.68 bits per heavy atom. The van der Waals surface area contributed by atoms with Crippen LogP contribution in [-0.2, 0) is 6.42 Å². The molecule has 1 fully saturated rings. The summed E-state index contributed by atoms with van der Waals surface area (Å²) in [4.78, 5) is 6.83. The summed E-state index contributed by atoms with van der Waals surface area (Å²) in [5, 5.41) is 10.2. The van der Waals surface area contributed by atoms with Gasteiger partial charge >= 0.3 is 0 Å². The Labute approximate surface area is 218 Å². The van der Waals surface area contributed by atoms with E-state index in [1.54, 1.807) is 13.2 Å². The summed E-state index contributed by atoms with van der Waals surface area (Å²) in [5.74, 6) is 1.79. The van der Waals surface area contributed by atoms with Gasteiger partial charge in [-0.05, 0) is 103 Å². The van der Waals surface area contributed by atoms with Gasteiger partial charge in [-0.3, -0.25) is 9.29 Å². The van der Waals surface area contributed by atoms with Gasteiger partial charge in [0.05, 0.1) is 13.8 Å². The Bertz CT molecular complexity index is 1270. The molecule has 5 rings (SSSR count). The number of ether oxygens (including phenoxy) is 2. The van der Waals surface area contributed by atoms with Crippen molar-refractivity contribution in [1.29, 1.82) is 0 Å². The van der Waals surface area contributed by atoms with Gasteiger partial charge in [-0.25, -0.2) is 4.98 Å². The maximum absolute atomic E-state index is 12.5. The highest BCUT2D eigenvalue weighted by atomic mass is 19.1. The first-order valence-corrected chi connectivity index (χ1v) is 13.2. The molecular weight excluding hydrogens is 467 g/mol. The van der Waals surface area contributed by atoms with Crippen LogP contribution in [0.15, 0.2) is 54.7 Å². The second-order valence-corrected chi connectivity index (χ2v) is 9.99. The van der Waals surface area contributed by atoms with Gasteiger partial charge in [0.25, 0.3) is 0 Å². The number of aryl methyl sites for hydroxylation is 2. The second kappa shape index (κ2) is 11.3. The van der Waals surface area contributed by atoms with Crippen molar-refractivity contribution in [2.24, 2.45) is 0 Å². The number of pyridine rings is 1. The number of likely N-dealkylation sites (tertiary alicyclic amines) is 1. The molecule has 0 amide bonds. The number of hydrogen-bond donors (Lipinski definition) is 1. The van der Waals surface area contributed by atoms with E-state index in [4.69, 9.17) is 9.47 Å². The molecule has 1 aromatic heterocycles. The SMILES string of the molecule is COc1ncc(C2=C(c3ccc(O[C@H]4CCN(CCCF)C4)cc3)c3ccc(O)cc3CCC2)cc1C. The Balaban J connectivity index is 1.48. The minimum absolute atomic E-state index is 0.134. The zero-order valence-corrected chi connectivity index (χ0v) is 21.7. The monoisotopic (exact) mass is 502 g/mol. The Morgan fingerprint density at radius 2 is 1.92 bits per heavy atom. The van der Waals surface area contributed by atoms with Crippen LogP contribution >= 0.6 is 0 Å². The number of hydrogen-bond acceptors (Lipinski definition) is 5. The first kappa shape index (κ1) is 25.3. The number of fused-ring (bicyclic) bond motifs is 1. The number of allylic oxidation sites excluding steroid dienone is 1. The van der Waals surface area contributed by atoms with Crippen LogP contribution in [0.3, 0.4) is 0 Å². The molecule has 0 spiro atoms. The topological polar surface area (TPSA) is 54.8 Å². The molecule has 0 unspecified atom stereocenters. The van der Waals surface area contributed by atoms with Gasteiger partial charge < -0.3 is 14.6 Å². The number of aromatic nitrogens is 1. The van der Waals surface area contributed by atoms with Gasteiger partial charge in [-0.1, -0.05) is 18.2 Å². The summed E-state index contributed by atoms with van der Waals surface area (Å²) in [7, 11) is 1.64. The zero-order valence-electron chi connectivity index (χ0n) is 21.7. The van der Waals surface area contributed by atoms with Gasteiger partial charge in [0.2, 0.25) is 5.88 Å². The number of methoxy groups -OCH3 is 1. The first-order valence-electron chi connectivity index (χ1n) is 13.2. The summed E-state index contributed by atoms with van der Waals surface area (Å²) in [5.41, 5.74) is 7.92. The third-order valence-electron chi connectivity index (χ3n) is 7.39. The quantitative estimate of drug-likeness (QED) is 0.397. The fourth-order valence-corrected chi connectivity index (χ4v) is 5.61. The Kier molecular flexibility index (Phi) is 7.75. The van der Waals surface area contributed by atoms with Crippen molar-refractivity contribution < 1.29 is 19.0 Å². The molecule has 0 radical (unpaired) electrons. The van der Waals surface area contributed by atoms with Crippen LogP contribution in [0, 0.1) is 6.92 Å². The maximum atomic E-state index is 12.5. The van der Waals surface area contributed by atoms with Crippen LogP contribution in [0.1, 0.15) is 53.5 Å². The Morgan fingerprint density at radius 1 is 1.08 bits per heavy atom. The molecule has 1 atom stereocenters. The number of halogens is 1. The lowest BCUT2D eigenvalue weighted by Gasteiger charge is -2.19. The van der Waals surface area contributed by atoms with Crippen LogP contribution in [0.5, 0.6) is 17.4 Å². The van der Waals surface area contributed by atoms with Gasteiger partial charge in [0, 0.05) is 31.4 Å². The van der Waals surface area contributed by atoms with Gasteiger partial charge in [-0.2, -0.15) is 0 Å². The number of phenolic OH excluding ortho intramolecular Hbond substituents is 1. The average Bonchev–Trinajstić information content (AvgIpc) is 3.26. The highest BCUT2D eigenvalue weighted by Crippen LogP contribution is 2.41. The summed E-state index contributed by atoms with van der Waals surface area (Å²) in [6.07, 6.45) is 6.39. The first-order chi connectivity index (χ1) is 18.1. The summed E-state index contributed by atoms with van der Waals surface area (Å²) >= 11 is 0. The van der Waals surface area contributed by atoms with E-state index < -0.39 is 0 Å². The molecule has 1 saturated heterocycles. The van der Waals surface area contributed by atoms with Crippen LogP contribution in [0.2, 0.25) is 0 Å². The molecule has 1 N–H and O–H groups in total. The third-order valence-corrected chi connectivity index (χ3v) is 7.39. The van der Waals surface area contributed by atoms with E-state index in [9.17, 15) is 9.50 Å². The second-order valence-electron chi connectivity index (χ2n) is 9.99. The number of alkyl halides is 1. The van der Waals surface area contributed by atoms with E-state index in [0.29, 0.717) is 18.1 Å². The number of rotatable bonds is 8. The highest BCUT2D eigenvalue weighted by Gasteiger charge is 2.24. The smallest absolute Gasteiger partial charge is 0.215 e. The lowest BCUT2D eigenvalue weighted by atomic mass is 9.88. The number of phenols is 1. The number of aromatic hydroxyl groups is 1. The molecule has 3 aromatic rings. The van der Waals surface area contributed by atoms with E-state index in [-0.39, 0.29) is 12.8 Å².